The molecule has 0 atom stereocenters. The number of benzene rings is 1. The van der Waals surface area contributed by atoms with E-state index in [4.69, 9.17) is 34.8 Å². The number of hydrogen-bond acceptors (Lipinski definition) is 5. The number of sulfonamides is 1. The van der Waals surface area contributed by atoms with Gasteiger partial charge in [-0.05, 0) is 17.3 Å². The third-order valence-electron chi connectivity index (χ3n) is 1.99. The van der Waals surface area contributed by atoms with Crippen LogP contribution in [-0.4, -0.2) is 18.6 Å². The first-order valence-electron chi connectivity index (χ1n) is 4.77. The van der Waals surface area contributed by atoms with E-state index >= 15 is 0 Å². The molecule has 6 nitrogen and oxygen atoms in total. The highest BCUT2D eigenvalue weighted by Gasteiger charge is 2.24. The fourth-order valence-electron chi connectivity index (χ4n) is 1.30. The highest BCUT2D eigenvalue weighted by atomic mass is 35.5. The predicted octanol–water partition coefficient (Wildman–Crippen LogP) is 3.14. The Morgan fingerprint density at radius 1 is 1.21 bits per heavy atom. The average molecular weight is 343 g/mol. The van der Waals surface area contributed by atoms with Gasteiger partial charge in [0.2, 0.25) is 5.89 Å². The van der Waals surface area contributed by atoms with Gasteiger partial charge in [-0.15, -0.1) is 0 Å². The van der Waals surface area contributed by atoms with Crippen LogP contribution in [0.2, 0.25) is 15.1 Å². The van der Waals surface area contributed by atoms with Crippen LogP contribution in [0.25, 0.3) is 0 Å². The molecule has 0 radical (unpaired) electrons. The van der Waals surface area contributed by atoms with Gasteiger partial charge in [0.1, 0.15) is 4.90 Å². The van der Waals surface area contributed by atoms with E-state index < -0.39 is 10.0 Å². The summed E-state index contributed by atoms with van der Waals surface area (Å²) < 4.78 is 31.0. The molecule has 0 fully saturated rings. The smallest absolute Gasteiger partial charge is 0.277 e. The Morgan fingerprint density at radius 2 is 1.79 bits per heavy atom. The number of nitrogens with zero attached hydrogens (tertiary/aromatic N) is 2. The minimum Gasteiger partial charge on any atom is -0.338 e. The van der Waals surface area contributed by atoms with Gasteiger partial charge in [-0.2, -0.15) is 4.98 Å². The van der Waals surface area contributed by atoms with Gasteiger partial charge in [0.05, 0.1) is 10.0 Å². The van der Waals surface area contributed by atoms with Crippen molar-refractivity contribution < 1.29 is 12.9 Å². The molecule has 1 aromatic carbocycles. The van der Waals surface area contributed by atoms with Crippen molar-refractivity contribution >= 4 is 50.8 Å². The van der Waals surface area contributed by atoms with Crippen molar-refractivity contribution in [1.29, 1.82) is 0 Å². The lowest BCUT2D eigenvalue weighted by atomic mass is 10.4. The first-order valence-corrected chi connectivity index (χ1v) is 7.39. The molecule has 2 aromatic rings. The van der Waals surface area contributed by atoms with Gasteiger partial charge in [0, 0.05) is 11.9 Å². The molecule has 0 aliphatic rings. The van der Waals surface area contributed by atoms with Crippen LogP contribution in [0.4, 0.5) is 5.95 Å². The Labute approximate surface area is 123 Å². The molecule has 0 amide bonds. The van der Waals surface area contributed by atoms with Crippen molar-refractivity contribution in [2.24, 2.45) is 0 Å². The van der Waals surface area contributed by atoms with Gasteiger partial charge in [0.15, 0.2) is 0 Å². The molecular formula is C9H6Cl3N3O3S. The lowest BCUT2D eigenvalue weighted by Gasteiger charge is -2.08. The molecule has 2 rings (SSSR count). The van der Waals surface area contributed by atoms with E-state index in [0.29, 0.717) is 0 Å². The molecule has 1 N–H and O–H groups in total. The van der Waals surface area contributed by atoms with Gasteiger partial charge < -0.3 is 4.52 Å². The van der Waals surface area contributed by atoms with Crippen molar-refractivity contribution in [3.05, 3.63) is 33.1 Å². The van der Waals surface area contributed by atoms with E-state index in [2.05, 4.69) is 19.4 Å². The van der Waals surface area contributed by atoms with E-state index in [1.54, 1.807) is 0 Å². The van der Waals surface area contributed by atoms with Gasteiger partial charge in [-0.25, -0.2) is 13.1 Å². The molecule has 1 heterocycles. The quantitative estimate of drug-likeness (QED) is 0.926. The molecular weight excluding hydrogens is 337 g/mol. The summed E-state index contributed by atoms with van der Waals surface area (Å²) in [6.45, 7) is 1.52. The highest BCUT2D eigenvalue weighted by molar-refractivity contribution is 7.93. The van der Waals surface area contributed by atoms with Crippen LogP contribution in [0.1, 0.15) is 5.89 Å². The summed E-state index contributed by atoms with van der Waals surface area (Å²) in [5.74, 6) is 0.00517. The highest BCUT2D eigenvalue weighted by Crippen LogP contribution is 2.33. The van der Waals surface area contributed by atoms with Gasteiger partial charge in [-0.3, -0.25) is 0 Å². The van der Waals surface area contributed by atoms with Gasteiger partial charge in [-0.1, -0.05) is 34.8 Å². The summed E-state index contributed by atoms with van der Waals surface area (Å²) >= 11 is 17.4. The zero-order valence-electron chi connectivity index (χ0n) is 9.32. The first kappa shape index (κ1) is 14.4. The van der Waals surface area contributed by atoms with Crippen LogP contribution in [0.5, 0.6) is 0 Å². The molecule has 0 saturated carbocycles. The fourth-order valence-corrected chi connectivity index (χ4v) is 3.78. The average Bonchev–Trinajstić information content (AvgIpc) is 2.60. The van der Waals surface area contributed by atoms with E-state index in [1.807, 2.05) is 0 Å². The second kappa shape index (κ2) is 5.16. The van der Waals surface area contributed by atoms with Crippen molar-refractivity contribution in [3.8, 4) is 0 Å². The minimum absolute atomic E-state index is 0.106. The SMILES string of the molecule is Cc1nc(NS(=O)(=O)c2c(Cl)cc(Cl)cc2Cl)no1. The van der Waals surface area contributed by atoms with Crippen LogP contribution < -0.4 is 4.72 Å². The Bertz CT molecular complexity index is 706. The Kier molecular flexibility index (Phi) is 3.91. The van der Waals surface area contributed by atoms with E-state index in [0.717, 1.165) is 0 Å². The molecule has 0 spiro atoms. The summed E-state index contributed by atoms with van der Waals surface area (Å²) in [6.07, 6.45) is 0. The number of aryl methyl sites for hydroxylation is 1. The largest absolute Gasteiger partial charge is 0.338 e. The Hall–Kier alpha value is -1.02. The summed E-state index contributed by atoms with van der Waals surface area (Å²) in [5.41, 5.74) is 0. The minimum atomic E-state index is -4.04. The maximum atomic E-state index is 12.1. The number of halogens is 3. The van der Waals surface area contributed by atoms with Crippen LogP contribution in [-0.2, 0) is 10.0 Å². The predicted molar refractivity (Wildman–Crippen MR) is 71.3 cm³/mol. The number of anilines is 1. The third-order valence-corrected chi connectivity index (χ3v) is 4.45. The number of aromatic nitrogens is 2. The zero-order valence-corrected chi connectivity index (χ0v) is 12.4. The molecule has 0 aliphatic heterocycles. The van der Waals surface area contributed by atoms with Crippen molar-refractivity contribution in [3.63, 3.8) is 0 Å². The molecule has 1 aromatic heterocycles. The normalized spacial score (nSPS) is 11.6. The number of rotatable bonds is 3. The summed E-state index contributed by atoms with van der Waals surface area (Å²) in [6, 6.07) is 2.54. The second-order valence-electron chi connectivity index (χ2n) is 3.44. The summed E-state index contributed by atoms with van der Waals surface area (Å²) in [7, 11) is -4.04. The maximum Gasteiger partial charge on any atom is 0.277 e. The zero-order chi connectivity index (χ0) is 14.2. The van der Waals surface area contributed by atoms with Crippen LogP contribution in [0.3, 0.4) is 0 Å². The van der Waals surface area contributed by atoms with E-state index in [9.17, 15) is 8.42 Å². The van der Waals surface area contributed by atoms with Crippen molar-refractivity contribution in [2.45, 2.75) is 11.8 Å². The molecule has 0 aliphatic carbocycles. The molecule has 0 saturated heterocycles. The Morgan fingerprint density at radius 3 is 2.26 bits per heavy atom. The van der Waals surface area contributed by atoms with E-state index in [1.165, 1.54) is 19.1 Å². The monoisotopic (exact) mass is 341 g/mol. The molecule has 102 valence electrons. The van der Waals surface area contributed by atoms with Crippen LogP contribution >= 0.6 is 34.8 Å². The van der Waals surface area contributed by atoms with Crippen LogP contribution in [0.15, 0.2) is 21.6 Å². The molecule has 0 bridgehead atoms. The van der Waals surface area contributed by atoms with Crippen molar-refractivity contribution in [2.75, 3.05) is 4.72 Å². The maximum absolute atomic E-state index is 12.1. The topological polar surface area (TPSA) is 85.1 Å². The molecule has 0 unspecified atom stereocenters. The summed E-state index contributed by atoms with van der Waals surface area (Å²) in [4.78, 5) is 3.41. The van der Waals surface area contributed by atoms with Crippen molar-refractivity contribution in [1.82, 2.24) is 10.1 Å². The summed E-state index contributed by atoms with van der Waals surface area (Å²) in [5, 5.41) is 3.43. The lowest BCUT2D eigenvalue weighted by Crippen LogP contribution is -2.15. The Balaban J connectivity index is 2.45. The second-order valence-corrected chi connectivity index (χ2v) is 6.31. The number of hydrogen-bond donors (Lipinski definition) is 1. The van der Waals surface area contributed by atoms with Gasteiger partial charge in [0.25, 0.3) is 16.0 Å². The van der Waals surface area contributed by atoms with Gasteiger partial charge >= 0.3 is 0 Å². The molecule has 19 heavy (non-hydrogen) atoms. The van der Waals surface area contributed by atoms with E-state index in [-0.39, 0.29) is 31.8 Å². The standard InChI is InChI=1S/C9H6Cl3N3O3S/c1-4-13-9(14-18-4)15-19(16,17)8-6(11)2-5(10)3-7(8)12/h2-3H,1H3,(H,14,15). The third kappa shape index (κ3) is 3.11. The lowest BCUT2D eigenvalue weighted by molar-refractivity contribution is 0.395. The molecule has 10 heteroatoms. The van der Waals surface area contributed by atoms with Crippen LogP contribution in [0, 0.1) is 6.92 Å². The first-order chi connectivity index (χ1) is 8.79. The fraction of sp³-hybridized carbons (Fsp3) is 0.111. The number of nitrogens with one attached hydrogen (secondary N) is 1.